The Labute approximate surface area is 170 Å². The van der Waals surface area contributed by atoms with Gasteiger partial charge in [0.2, 0.25) is 5.91 Å². The molecule has 28 heavy (non-hydrogen) atoms. The van der Waals surface area contributed by atoms with Gasteiger partial charge in [-0.3, -0.25) is 9.78 Å². The summed E-state index contributed by atoms with van der Waals surface area (Å²) in [7, 11) is 0. The van der Waals surface area contributed by atoms with Gasteiger partial charge in [-0.05, 0) is 58.2 Å². The van der Waals surface area contributed by atoms with Crippen molar-refractivity contribution in [2.45, 2.75) is 59.3 Å². The highest BCUT2D eigenvalue weighted by Gasteiger charge is 2.30. The van der Waals surface area contributed by atoms with Gasteiger partial charge in [0.1, 0.15) is 0 Å². The average molecular weight is 401 g/mol. The van der Waals surface area contributed by atoms with Crippen LogP contribution >= 0.6 is 11.3 Å². The number of amides is 1. The van der Waals surface area contributed by atoms with Crippen LogP contribution in [0.25, 0.3) is 10.4 Å². The Hall–Kier alpha value is -1.99. The molecule has 1 aliphatic carbocycles. The lowest BCUT2D eigenvalue weighted by atomic mass is 10.1. The van der Waals surface area contributed by atoms with E-state index < -0.39 is 0 Å². The molecule has 2 fully saturated rings. The fourth-order valence-electron chi connectivity index (χ4n) is 3.78. The molecular weight excluding hydrogens is 372 g/mol. The van der Waals surface area contributed by atoms with Crippen LogP contribution in [0.4, 0.5) is 5.13 Å². The molecule has 0 bridgehead atoms. The Balaban J connectivity index is 1.65. The van der Waals surface area contributed by atoms with E-state index in [0.717, 1.165) is 58.6 Å². The van der Waals surface area contributed by atoms with Crippen LogP contribution in [-0.2, 0) is 16.1 Å². The molecule has 0 aromatic carbocycles. The van der Waals surface area contributed by atoms with Gasteiger partial charge in [0.15, 0.2) is 5.13 Å². The minimum Gasteiger partial charge on any atom is -0.372 e. The van der Waals surface area contributed by atoms with Crippen molar-refractivity contribution in [3.05, 3.63) is 29.2 Å². The second kappa shape index (κ2) is 7.79. The van der Waals surface area contributed by atoms with E-state index in [0.29, 0.717) is 6.54 Å². The van der Waals surface area contributed by atoms with Crippen LogP contribution in [0.2, 0.25) is 0 Å². The topological polar surface area (TPSA) is 67.3 Å². The predicted octanol–water partition coefficient (Wildman–Crippen LogP) is 3.46. The van der Waals surface area contributed by atoms with Crippen molar-refractivity contribution < 1.29 is 9.53 Å². The second-order valence-electron chi connectivity index (χ2n) is 8.07. The predicted molar refractivity (Wildman–Crippen MR) is 112 cm³/mol. The van der Waals surface area contributed by atoms with Crippen molar-refractivity contribution in [2.24, 2.45) is 5.92 Å². The monoisotopic (exact) mass is 400 g/mol. The number of rotatable bonds is 5. The largest absolute Gasteiger partial charge is 0.372 e. The van der Waals surface area contributed by atoms with E-state index in [1.807, 2.05) is 13.8 Å². The molecule has 2 aromatic rings. The molecule has 0 spiro atoms. The van der Waals surface area contributed by atoms with E-state index in [2.05, 4.69) is 41.2 Å². The van der Waals surface area contributed by atoms with Crippen LogP contribution in [0.3, 0.4) is 0 Å². The molecule has 6 nitrogen and oxygen atoms in total. The van der Waals surface area contributed by atoms with Crippen LogP contribution in [0.5, 0.6) is 0 Å². The summed E-state index contributed by atoms with van der Waals surface area (Å²) in [6.07, 6.45) is 2.37. The second-order valence-corrected chi connectivity index (χ2v) is 9.04. The van der Waals surface area contributed by atoms with Crippen molar-refractivity contribution in [1.29, 1.82) is 0 Å². The Bertz CT molecular complexity index is 847. The number of hydrogen-bond acceptors (Lipinski definition) is 6. The molecule has 0 radical (unpaired) electrons. The van der Waals surface area contributed by atoms with Crippen LogP contribution in [-0.4, -0.2) is 41.2 Å². The number of nitrogens with one attached hydrogen (secondary N) is 1. The van der Waals surface area contributed by atoms with Crippen LogP contribution < -0.4 is 10.2 Å². The first-order chi connectivity index (χ1) is 13.4. The smallest absolute Gasteiger partial charge is 0.223 e. The van der Waals surface area contributed by atoms with E-state index in [-0.39, 0.29) is 24.0 Å². The van der Waals surface area contributed by atoms with Gasteiger partial charge in [-0.1, -0.05) is 11.3 Å². The van der Waals surface area contributed by atoms with Gasteiger partial charge in [0, 0.05) is 30.4 Å². The summed E-state index contributed by atoms with van der Waals surface area (Å²) < 4.78 is 5.87. The molecule has 1 amide bonds. The zero-order chi connectivity index (χ0) is 19.8. The molecule has 1 saturated carbocycles. The lowest BCUT2D eigenvalue weighted by molar-refractivity contribution is -0.122. The lowest BCUT2D eigenvalue weighted by Crippen LogP contribution is -2.45. The van der Waals surface area contributed by atoms with Gasteiger partial charge in [0.25, 0.3) is 0 Å². The summed E-state index contributed by atoms with van der Waals surface area (Å²) in [5.41, 5.74) is 4.04. The highest BCUT2D eigenvalue weighted by atomic mass is 32.1. The quantitative estimate of drug-likeness (QED) is 0.832. The van der Waals surface area contributed by atoms with Crippen LogP contribution in [0.1, 0.15) is 43.8 Å². The Morgan fingerprint density at radius 3 is 2.43 bits per heavy atom. The standard InChI is InChI=1S/C21H28N4O2S/c1-12-7-17(8-13(2)23-12)19-18(9-22-20(26)16-5-6-16)24-21(28-19)25-10-14(3)27-15(4)11-25/h7-8,14-16H,5-6,9-11H2,1-4H3,(H,22,26)/t14-,15+. The maximum atomic E-state index is 12.2. The van der Waals surface area contributed by atoms with E-state index in [9.17, 15) is 4.79 Å². The number of anilines is 1. The number of morpholine rings is 1. The van der Waals surface area contributed by atoms with E-state index in [4.69, 9.17) is 9.72 Å². The van der Waals surface area contributed by atoms with Crippen molar-refractivity contribution in [3.8, 4) is 10.4 Å². The molecule has 7 heteroatoms. The summed E-state index contributed by atoms with van der Waals surface area (Å²) >= 11 is 1.70. The molecule has 1 aliphatic heterocycles. The summed E-state index contributed by atoms with van der Waals surface area (Å²) in [5.74, 6) is 0.351. The number of thiazole rings is 1. The summed E-state index contributed by atoms with van der Waals surface area (Å²) in [5, 5.41) is 4.08. The molecule has 2 aliphatic rings. The number of pyridine rings is 1. The van der Waals surface area contributed by atoms with Crippen molar-refractivity contribution in [1.82, 2.24) is 15.3 Å². The molecular formula is C21H28N4O2S. The van der Waals surface area contributed by atoms with Crippen molar-refractivity contribution in [3.63, 3.8) is 0 Å². The molecule has 1 saturated heterocycles. The lowest BCUT2D eigenvalue weighted by Gasteiger charge is -2.35. The maximum Gasteiger partial charge on any atom is 0.223 e. The number of aryl methyl sites for hydroxylation is 2. The number of hydrogen-bond donors (Lipinski definition) is 1. The van der Waals surface area contributed by atoms with Crippen molar-refractivity contribution in [2.75, 3.05) is 18.0 Å². The third-order valence-electron chi connectivity index (χ3n) is 5.10. The first-order valence-electron chi connectivity index (χ1n) is 10.0. The molecule has 4 rings (SSSR count). The third-order valence-corrected chi connectivity index (χ3v) is 6.31. The fraction of sp³-hybridized carbons (Fsp3) is 0.571. The number of aromatic nitrogens is 2. The SMILES string of the molecule is Cc1cc(-c2sc(N3C[C@@H](C)O[C@@H](C)C3)nc2CNC(=O)C2CC2)cc(C)n1. The van der Waals surface area contributed by atoms with E-state index in [1.165, 1.54) is 0 Å². The van der Waals surface area contributed by atoms with E-state index in [1.54, 1.807) is 11.3 Å². The zero-order valence-corrected chi connectivity index (χ0v) is 17.8. The first-order valence-corrected chi connectivity index (χ1v) is 10.8. The normalized spacial score (nSPS) is 22.4. The Morgan fingerprint density at radius 1 is 1.18 bits per heavy atom. The Kier molecular flexibility index (Phi) is 5.38. The highest BCUT2D eigenvalue weighted by Crippen LogP contribution is 2.37. The maximum absolute atomic E-state index is 12.2. The van der Waals surface area contributed by atoms with Crippen LogP contribution in [0, 0.1) is 19.8 Å². The van der Waals surface area contributed by atoms with Gasteiger partial charge in [0.05, 0.1) is 29.3 Å². The number of carbonyl (C=O) groups excluding carboxylic acids is 1. The molecule has 150 valence electrons. The van der Waals surface area contributed by atoms with Gasteiger partial charge < -0.3 is 15.0 Å². The zero-order valence-electron chi connectivity index (χ0n) is 17.0. The molecule has 0 unspecified atom stereocenters. The summed E-state index contributed by atoms with van der Waals surface area (Å²) in [6.45, 7) is 10.4. The van der Waals surface area contributed by atoms with Gasteiger partial charge in [-0.15, -0.1) is 0 Å². The average Bonchev–Trinajstić information content (AvgIpc) is 3.37. The molecule has 1 N–H and O–H groups in total. The molecule has 3 heterocycles. The molecule has 2 atom stereocenters. The van der Waals surface area contributed by atoms with Gasteiger partial charge in [-0.25, -0.2) is 4.98 Å². The minimum atomic E-state index is 0.149. The summed E-state index contributed by atoms with van der Waals surface area (Å²) in [6, 6.07) is 4.20. The fourth-order valence-corrected chi connectivity index (χ4v) is 4.87. The van der Waals surface area contributed by atoms with Gasteiger partial charge >= 0.3 is 0 Å². The summed E-state index contributed by atoms with van der Waals surface area (Å²) in [4.78, 5) is 25.0. The molecule has 2 aromatic heterocycles. The third kappa shape index (κ3) is 4.36. The van der Waals surface area contributed by atoms with Crippen molar-refractivity contribution >= 4 is 22.4 Å². The number of nitrogens with zero attached hydrogens (tertiary/aromatic N) is 3. The van der Waals surface area contributed by atoms with Gasteiger partial charge in [-0.2, -0.15) is 0 Å². The highest BCUT2D eigenvalue weighted by molar-refractivity contribution is 7.19. The van der Waals surface area contributed by atoms with E-state index >= 15 is 0 Å². The first kappa shape index (κ1) is 19.3. The number of carbonyl (C=O) groups is 1. The Morgan fingerprint density at radius 2 is 1.82 bits per heavy atom. The number of ether oxygens (including phenoxy) is 1. The minimum absolute atomic E-state index is 0.149. The van der Waals surface area contributed by atoms with Crippen LogP contribution in [0.15, 0.2) is 12.1 Å².